The summed E-state index contributed by atoms with van der Waals surface area (Å²) >= 11 is 0. The maximum atomic E-state index is 11.5. The Morgan fingerprint density at radius 2 is 2.13 bits per heavy atom. The Kier molecular flexibility index (Phi) is 8.08. The summed E-state index contributed by atoms with van der Waals surface area (Å²) in [5.41, 5.74) is 0.579. The van der Waals surface area contributed by atoms with E-state index in [0.717, 1.165) is 6.42 Å². The summed E-state index contributed by atoms with van der Waals surface area (Å²) in [5, 5.41) is 2.71. The van der Waals surface area contributed by atoms with E-state index in [2.05, 4.69) is 22.2 Å². The molecule has 0 fully saturated rings. The Morgan fingerprint density at radius 1 is 1.40 bits per heavy atom. The van der Waals surface area contributed by atoms with Gasteiger partial charge in [0.15, 0.2) is 0 Å². The fraction of sp³-hybridized carbons (Fsp3) is 0.500. The number of nitrogens with one attached hydrogen (secondary N) is 1. The first kappa shape index (κ1) is 13.4. The second kappa shape index (κ2) is 9.01. The molecule has 0 atom stereocenters. The molecule has 0 aliphatic heterocycles. The molecule has 0 rings (SSSR count). The average Bonchev–Trinajstić information content (AvgIpc) is 2.25. The highest BCUT2D eigenvalue weighted by Gasteiger charge is 2.03. The van der Waals surface area contributed by atoms with Gasteiger partial charge in [0.2, 0.25) is 0 Å². The van der Waals surface area contributed by atoms with Crippen LogP contribution in [0.4, 0.5) is 0 Å². The van der Waals surface area contributed by atoms with E-state index in [1.165, 1.54) is 0 Å². The largest absolute Gasteiger partial charge is 0.341 e. The molecule has 3 heteroatoms. The molecule has 0 spiro atoms. The lowest BCUT2D eigenvalue weighted by molar-refractivity contribution is -0.116. The first-order valence-electron chi connectivity index (χ1n) is 5.16. The monoisotopic (exact) mass is 206 g/mol. The molecule has 1 N–H and O–H groups in total. The Bertz CT molecular complexity index is 305. The molecular formula is C12H18N2O. The van der Waals surface area contributed by atoms with Crippen LogP contribution in [-0.2, 0) is 4.79 Å². The van der Waals surface area contributed by atoms with Crippen molar-refractivity contribution in [1.29, 1.82) is 0 Å². The third-order valence-corrected chi connectivity index (χ3v) is 1.63. The Labute approximate surface area is 91.7 Å². The molecule has 0 heterocycles. The fourth-order valence-corrected chi connectivity index (χ4v) is 0.868. The zero-order valence-corrected chi connectivity index (χ0v) is 9.63. The lowest BCUT2D eigenvalue weighted by Gasteiger charge is -2.00. The molecule has 0 aliphatic rings. The van der Waals surface area contributed by atoms with E-state index in [4.69, 9.17) is 0 Å². The van der Waals surface area contributed by atoms with E-state index in [1.807, 2.05) is 20.8 Å². The summed E-state index contributed by atoms with van der Waals surface area (Å²) < 4.78 is 0. The van der Waals surface area contributed by atoms with Gasteiger partial charge in [-0.05, 0) is 13.8 Å². The van der Waals surface area contributed by atoms with Gasteiger partial charge in [0.25, 0.3) is 5.91 Å². The van der Waals surface area contributed by atoms with Gasteiger partial charge in [0.1, 0.15) is 0 Å². The predicted octanol–water partition coefficient (Wildman–Crippen LogP) is 1.55. The highest BCUT2D eigenvalue weighted by Crippen LogP contribution is 1.90. The smallest absolute Gasteiger partial charge is 0.253 e. The SMILES string of the molecule is C/C=C(\C=NCC)C(=O)NCC#CCC. The number of carbonyl (C=O) groups excluding carboxylic acids is 1. The Balaban J connectivity index is 4.12. The van der Waals surface area contributed by atoms with Gasteiger partial charge >= 0.3 is 0 Å². The molecule has 0 bridgehead atoms. The Morgan fingerprint density at radius 3 is 2.67 bits per heavy atom. The van der Waals surface area contributed by atoms with Crippen LogP contribution >= 0.6 is 0 Å². The quantitative estimate of drug-likeness (QED) is 0.423. The van der Waals surface area contributed by atoms with Crippen LogP contribution in [-0.4, -0.2) is 25.2 Å². The van der Waals surface area contributed by atoms with E-state index in [9.17, 15) is 4.79 Å². The van der Waals surface area contributed by atoms with Gasteiger partial charge in [-0.2, -0.15) is 0 Å². The van der Waals surface area contributed by atoms with Gasteiger partial charge in [0, 0.05) is 19.2 Å². The van der Waals surface area contributed by atoms with E-state index in [1.54, 1.807) is 12.3 Å². The van der Waals surface area contributed by atoms with Crippen LogP contribution < -0.4 is 5.32 Å². The highest BCUT2D eigenvalue weighted by molar-refractivity contribution is 6.12. The third-order valence-electron chi connectivity index (χ3n) is 1.63. The number of hydrogen-bond acceptors (Lipinski definition) is 2. The summed E-state index contributed by atoms with van der Waals surface area (Å²) in [4.78, 5) is 15.5. The van der Waals surface area contributed by atoms with Crippen molar-refractivity contribution in [3.63, 3.8) is 0 Å². The van der Waals surface area contributed by atoms with Gasteiger partial charge in [-0.1, -0.05) is 18.9 Å². The van der Waals surface area contributed by atoms with Crippen molar-refractivity contribution in [2.75, 3.05) is 13.1 Å². The number of hydrogen-bond donors (Lipinski definition) is 1. The summed E-state index contributed by atoms with van der Waals surface area (Å²) in [6.45, 7) is 6.78. The number of carbonyl (C=O) groups is 1. The summed E-state index contributed by atoms with van der Waals surface area (Å²) in [6, 6.07) is 0. The number of aliphatic imine (C=N–C) groups is 1. The van der Waals surface area contributed by atoms with Crippen LogP contribution in [0.25, 0.3) is 0 Å². The topological polar surface area (TPSA) is 41.5 Å². The molecule has 0 unspecified atom stereocenters. The van der Waals surface area contributed by atoms with E-state index in [0.29, 0.717) is 18.7 Å². The van der Waals surface area contributed by atoms with Gasteiger partial charge in [-0.15, -0.1) is 5.92 Å². The van der Waals surface area contributed by atoms with Crippen LogP contribution in [0.15, 0.2) is 16.6 Å². The van der Waals surface area contributed by atoms with Crippen molar-refractivity contribution in [3.8, 4) is 11.8 Å². The minimum Gasteiger partial charge on any atom is -0.341 e. The van der Waals surface area contributed by atoms with E-state index >= 15 is 0 Å². The van der Waals surface area contributed by atoms with Crippen molar-refractivity contribution in [2.24, 2.45) is 4.99 Å². The Hall–Kier alpha value is -1.56. The van der Waals surface area contributed by atoms with Crippen molar-refractivity contribution in [2.45, 2.75) is 27.2 Å². The van der Waals surface area contributed by atoms with Gasteiger partial charge in [-0.3, -0.25) is 9.79 Å². The van der Waals surface area contributed by atoms with E-state index in [-0.39, 0.29) is 5.91 Å². The predicted molar refractivity (Wildman–Crippen MR) is 63.9 cm³/mol. The molecule has 0 radical (unpaired) electrons. The van der Waals surface area contributed by atoms with Crippen molar-refractivity contribution < 1.29 is 4.79 Å². The van der Waals surface area contributed by atoms with Gasteiger partial charge in [0.05, 0.1) is 12.1 Å². The maximum Gasteiger partial charge on any atom is 0.253 e. The normalized spacial score (nSPS) is 11.0. The summed E-state index contributed by atoms with van der Waals surface area (Å²) in [7, 11) is 0. The molecule has 0 aliphatic carbocycles. The van der Waals surface area contributed by atoms with Crippen LogP contribution in [0.2, 0.25) is 0 Å². The number of nitrogens with zero attached hydrogens (tertiary/aromatic N) is 1. The molecule has 0 saturated heterocycles. The summed E-state index contributed by atoms with van der Waals surface area (Å²) in [6.07, 6.45) is 4.13. The highest BCUT2D eigenvalue weighted by atomic mass is 16.1. The van der Waals surface area contributed by atoms with Crippen LogP contribution in [0.1, 0.15) is 27.2 Å². The number of rotatable bonds is 4. The first-order valence-corrected chi connectivity index (χ1v) is 5.16. The van der Waals surface area contributed by atoms with Gasteiger partial charge in [-0.25, -0.2) is 0 Å². The van der Waals surface area contributed by atoms with Crippen molar-refractivity contribution in [1.82, 2.24) is 5.32 Å². The zero-order chi connectivity index (χ0) is 11.5. The molecule has 0 aromatic carbocycles. The lowest BCUT2D eigenvalue weighted by Crippen LogP contribution is -2.25. The number of amides is 1. The molecule has 82 valence electrons. The average molecular weight is 206 g/mol. The van der Waals surface area contributed by atoms with Crippen LogP contribution in [0.3, 0.4) is 0 Å². The fourth-order valence-electron chi connectivity index (χ4n) is 0.868. The minimum absolute atomic E-state index is 0.125. The van der Waals surface area contributed by atoms with Crippen molar-refractivity contribution >= 4 is 12.1 Å². The van der Waals surface area contributed by atoms with Crippen LogP contribution in [0.5, 0.6) is 0 Å². The zero-order valence-electron chi connectivity index (χ0n) is 9.63. The second-order valence-electron chi connectivity index (χ2n) is 2.76. The number of allylic oxidation sites excluding steroid dienone is 1. The molecule has 1 amide bonds. The molecule has 0 saturated carbocycles. The molecule has 0 aromatic heterocycles. The molecular weight excluding hydrogens is 188 g/mol. The van der Waals surface area contributed by atoms with Gasteiger partial charge < -0.3 is 5.32 Å². The maximum absolute atomic E-state index is 11.5. The second-order valence-corrected chi connectivity index (χ2v) is 2.76. The third kappa shape index (κ3) is 6.50. The van der Waals surface area contributed by atoms with Crippen molar-refractivity contribution in [3.05, 3.63) is 11.6 Å². The summed E-state index contributed by atoms with van der Waals surface area (Å²) in [5.74, 6) is 5.61. The molecule has 0 aromatic rings. The van der Waals surface area contributed by atoms with E-state index < -0.39 is 0 Å². The first-order chi connectivity index (χ1) is 7.26. The minimum atomic E-state index is -0.125. The standard InChI is InChI=1S/C12H18N2O/c1-4-7-8-9-14-12(15)11(5-2)10-13-6-3/h5,10H,4,6,9H2,1-3H3,(H,14,15)/b11-5+,13-10?. The van der Waals surface area contributed by atoms with Crippen LogP contribution in [0, 0.1) is 11.8 Å². The lowest BCUT2D eigenvalue weighted by atomic mass is 10.2. The molecule has 15 heavy (non-hydrogen) atoms. The molecule has 3 nitrogen and oxygen atoms in total.